The second-order valence-electron chi connectivity index (χ2n) is 3.90. The number of anilines is 1. The third kappa shape index (κ3) is 1.81. The summed E-state index contributed by atoms with van der Waals surface area (Å²) in [6.07, 6.45) is 2.96. The number of rotatable bonds is 1. The fourth-order valence-electron chi connectivity index (χ4n) is 1.48. The first-order valence-electron chi connectivity index (χ1n) is 5.14. The molecule has 0 radical (unpaired) electrons. The van der Waals surface area contributed by atoms with Gasteiger partial charge in [0.15, 0.2) is 11.6 Å². The highest BCUT2D eigenvalue weighted by atomic mass is 16.5. The van der Waals surface area contributed by atoms with Crippen LogP contribution < -0.4 is 10.1 Å². The monoisotopic (exact) mass is 192 g/mol. The van der Waals surface area contributed by atoms with E-state index in [0.717, 1.165) is 31.1 Å². The van der Waals surface area contributed by atoms with Gasteiger partial charge < -0.3 is 10.1 Å². The quantitative estimate of drug-likeness (QED) is 0.742. The maximum absolute atomic E-state index is 5.61. The molecule has 0 aromatic carbocycles. The van der Waals surface area contributed by atoms with Gasteiger partial charge in [0.05, 0.1) is 6.61 Å². The van der Waals surface area contributed by atoms with Crippen molar-refractivity contribution in [1.29, 1.82) is 0 Å². The van der Waals surface area contributed by atoms with Crippen LogP contribution in [0, 0.1) is 0 Å². The molecule has 0 bridgehead atoms. The molecule has 0 saturated heterocycles. The van der Waals surface area contributed by atoms with E-state index in [1.54, 1.807) is 0 Å². The molecule has 76 valence electrons. The fraction of sp³-hybridized carbons (Fsp3) is 0.545. The summed E-state index contributed by atoms with van der Waals surface area (Å²) in [7, 11) is 0. The first kappa shape index (κ1) is 9.31. The molecule has 1 aliphatic rings. The molecule has 0 fully saturated rings. The number of nitrogens with one attached hydrogen (secondary N) is 1. The largest absolute Gasteiger partial charge is 0.490 e. The molecule has 1 aliphatic heterocycles. The number of aromatic nitrogens is 1. The van der Waals surface area contributed by atoms with Crippen molar-refractivity contribution in [2.24, 2.45) is 0 Å². The lowest BCUT2D eigenvalue weighted by Gasteiger charge is -2.10. The predicted molar refractivity (Wildman–Crippen MR) is 56.9 cm³/mol. The van der Waals surface area contributed by atoms with Gasteiger partial charge in [-0.1, -0.05) is 13.8 Å². The Morgan fingerprint density at radius 2 is 2.36 bits per heavy atom. The highest BCUT2D eigenvalue weighted by molar-refractivity contribution is 5.52. The van der Waals surface area contributed by atoms with Crippen LogP contribution in [0.3, 0.4) is 0 Å². The Bertz CT molecular complexity index is 323. The number of fused-ring (bicyclic) bond motifs is 1. The van der Waals surface area contributed by atoms with E-state index in [1.807, 2.05) is 6.20 Å². The van der Waals surface area contributed by atoms with Crippen molar-refractivity contribution >= 4 is 5.82 Å². The third-order valence-electron chi connectivity index (χ3n) is 2.41. The second kappa shape index (κ2) is 3.86. The zero-order chi connectivity index (χ0) is 9.97. The maximum atomic E-state index is 5.61. The van der Waals surface area contributed by atoms with Gasteiger partial charge in [0.2, 0.25) is 0 Å². The summed E-state index contributed by atoms with van der Waals surface area (Å²) < 4.78 is 5.61. The zero-order valence-corrected chi connectivity index (χ0v) is 8.71. The topological polar surface area (TPSA) is 34.1 Å². The molecule has 1 aromatic heterocycles. The molecule has 3 nitrogen and oxygen atoms in total. The van der Waals surface area contributed by atoms with E-state index in [2.05, 4.69) is 30.2 Å². The molecule has 0 atom stereocenters. The van der Waals surface area contributed by atoms with E-state index in [9.17, 15) is 0 Å². The van der Waals surface area contributed by atoms with Crippen molar-refractivity contribution in [2.75, 3.05) is 18.5 Å². The van der Waals surface area contributed by atoms with E-state index < -0.39 is 0 Å². The van der Waals surface area contributed by atoms with Crippen molar-refractivity contribution in [3.05, 3.63) is 17.8 Å². The van der Waals surface area contributed by atoms with Gasteiger partial charge in [-0.2, -0.15) is 0 Å². The minimum absolute atomic E-state index is 0.500. The Hall–Kier alpha value is -1.25. The van der Waals surface area contributed by atoms with E-state index in [0.29, 0.717) is 5.92 Å². The highest BCUT2D eigenvalue weighted by Gasteiger charge is 2.11. The van der Waals surface area contributed by atoms with Crippen molar-refractivity contribution in [1.82, 2.24) is 4.98 Å². The molecule has 0 spiro atoms. The lowest BCUT2D eigenvalue weighted by atomic mass is 10.1. The van der Waals surface area contributed by atoms with Crippen molar-refractivity contribution < 1.29 is 4.74 Å². The van der Waals surface area contributed by atoms with Crippen molar-refractivity contribution in [3.8, 4) is 5.75 Å². The summed E-state index contributed by atoms with van der Waals surface area (Å²) in [6, 6.07) is 2.09. The summed E-state index contributed by atoms with van der Waals surface area (Å²) in [5.74, 6) is 2.28. The first-order chi connectivity index (χ1) is 6.77. The van der Waals surface area contributed by atoms with E-state index in [1.165, 1.54) is 5.56 Å². The van der Waals surface area contributed by atoms with Crippen LogP contribution in [0.4, 0.5) is 5.82 Å². The molecule has 0 aliphatic carbocycles. The summed E-state index contributed by atoms with van der Waals surface area (Å²) in [5, 5.41) is 3.26. The Morgan fingerprint density at radius 1 is 1.50 bits per heavy atom. The minimum atomic E-state index is 0.500. The average molecular weight is 192 g/mol. The fourth-order valence-corrected chi connectivity index (χ4v) is 1.48. The number of ether oxygens (including phenoxy) is 1. The molecular weight excluding hydrogens is 176 g/mol. The van der Waals surface area contributed by atoms with Gasteiger partial charge in [0.25, 0.3) is 0 Å². The van der Waals surface area contributed by atoms with Crippen LogP contribution in [-0.4, -0.2) is 18.1 Å². The second-order valence-corrected chi connectivity index (χ2v) is 3.90. The smallest absolute Gasteiger partial charge is 0.168 e. The molecule has 0 unspecified atom stereocenters. The molecule has 1 aromatic rings. The van der Waals surface area contributed by atoms with Crippen LogP contribution >= 0.6 is 0 Å². The molecular formula is C11H16N2O. The lowest BCUT2D eigenvalue weighted by Crippen LogP contribution is -2.01. The maximum Gasteiger partial charge on any atom is 0.168 e. The summed E-state index contributed by atoms with van der Waals surface area (Å²) in [5.41, 5.74) is 1.23. The molecule has 0 amide bonds. The molecule has 0 saturated carbocycles. The van der Waals surface area contributed by atoms with Crippen LogP contribution in [0.2, 0.25) is 0 Å². The normalized spacial score (nSPS) is 15.4. The van der Waals surface area contributed by atoms with E-state index in [4.69, 9.17) is 4.74 Å². The van der Waals surface area contributed by atoms with Crippen LogP contribution in [0.1, 0.15) is 31.7 Å². The minimum Gasteiger partial charge on any atom is -0.490 e. The van der Waals surface area contributed by atoms with Gasteiger partial charge in [-0.15, -0.1) is 0 Å². The molecule has 2 heterocycles. The standard InChI is InChI=1S/C11H16N2O/c1-8(2)9-6-10-11(13-7-9)12-4-3-5-14-10/h6-8H,3-5H2,1-2H3,(H,12,13). The van der Waals surface area contributed by atoms with Gasteiger partial charge in [-0.25, -0.2) is 4.98 Å². The Labute approximate surface area is 84.5 Å². The van der Waals surface area contributed by atoms with Gasteiger partial charge in [0.1, 0.15) is 0 Å². The first-order valence-corrected chi connectivity index (χ1v) is 5.14. The zero-order valence-electron chi connectivity index (χ0n) is 8.71. The molecule has 2 rings (SSSR count). The number of hydrogen-bond donors (Lipinski definition) is 1. The van der Waals surface area contributed by atoms with Crippen LogP contribution in [0.25, 0.3) is 0 Å². The lowest BCUT2D eigenvalue weighted by molar-refractivity contribution is 0.322. The summed E-state index contributed by atoms with van der Waals surface area (Å²) >= 11 is 0. The third-order valence-corrected chi connectivity index (χ3v) is 2.41. The molecule has 14 heavy (non-hydrogen) atoms. The van der Waals surface area contributed by atoms with Crippen molar-refractivity contribution in [3.63, 3.8) is 0 Å². The molecule has 1 N–H and O–H groups in total. The van der Waals surface area contributed by atoms with Gasteiger partial charge in [-0.3, -0.25) is 0 Å². The molecule has 3 heteroatoms. The van der Waals surface area contributed by atoms with Gasteiger partial charge in [0, 0.05) is 12.7 Å². The Balaban J connectivity index is 2.32. The van der Waals surface area contributed by atoms with Crippen LogP contribution in [0.5, 0.6) is 5.75 Å². The van der Waals surface area contributed by atoms with E-state index in [-0.39, 0.29) is 0 Å². The SMILES string of the molecule is CC(C)c1cnc2c(c1)OCCCN2. The van der Waals surface area contributed by atoms with Gasteiger partial charge in [-0.05, 0) is 24.0 Å². The number of nitrogens with zero attached hydrogens (tertiary/aromatic N) is 1. The average Bonchev–Trinajstić information content (AvgIpc) is 2.41. The summed E-state index contributed by atoms with van der Waals surface area (Å²) in [6.45, 7) is 6.05. The number of pyridine rings is 1. The number of hydrogen-bond acceptors (Lipinski definition) is 3. The van der Waals surface area contributed by atoms with Crippen molar-refractivity contribution in [2.45, 2.75) is 26.2 Å². The summed E-state index contributed by atoms with van der Waals surface area (Å²) in [4.78, 5) is 4.36. The predicted octanol–water partition coefficient (Wildman–Crippen LogP) is 2.40. The Kier molecular flexibility index (Phi) is 2.57. The van der Waals surface area contributed by atoms with Gasteiger partial charge >= 0.3 is 0 Å². The highest BCUT2D eigenvalue weighted by Crippen LogP contribution is 2.27. The van der Waals surface area contributed by atoms with Crippen LogP contribution in [-0.2, 0) is 0 Å². The van der Waals surface area contributed by atoms with Crippen LogP contribution in [0.15, 0.2) is 12.3 Å². The Morgan fingerprint density at radius 3 is 3.14 bits per heavy atom. The van der Waals surface area contributed by atoms with E-state index >= 15 is 0 Å².